The van der Waals surface area contributed by atoms with Gasteiger partial charge in [-0.2, -0.15) is 4.39 Å². The highest BCUT2D eigenvalue weighted by Crippen LogP contribution is 2.58. The molecule has 23 heavy (non-hydrogen) atoms. The van der Waals surface area contributed by atoms with E-state index < -0.39 is 43.9 Å². The molecule has 138 valence electrons. The van der Waals surface area contributed by atoms with E-state index in [-0.39, 0.29) is 0 Å². The summed E-state index contributed by atoms with van der Waals surface area (Å²) in [6, 6.07) is 0. The zero-order valence-electron chi connectivity index (χ0n) is 14.4. The first-order valence-electron chi connectivity index (χ1n) is 7.21. The van der Waals surface area contributed by atoms with Crippen molar-refractivity contribution in [2.24, 2.45) is 10.9 Å². The molecule has 0 amide bonds. The molecule has 0 aromatic heterocycles. The number of nitrogens with zero attached hydrogens (tertiary/aromatic N) is 2. The predicted molar refractivity (Wildman–Crippen MR) is 81.0 cm³/mol. The molecule has 0 fully saturated rings. The maximum absolute atomic E-state index is 13.8. The lowest BCUT2D eigenvalue weighted by Gasteiger charge is -2.37. The molecule has 0 heterocycles. The molecule has 0 saturated carbocycles. The van der Waals surface area contributed by atoms with Crippen LogP contribution in [0, 0.1) is 5.92 Å². The second-order valence-corrected chi connectivity index (χ2v) is 8.00. The van der Waals surface area contributed by atoms with Crippen LogP contribution in [-0.4, -0.2) is 42.3 Å². The van der Waals surface area contributed by atoms with Crippen LogP contribution in [0.3, 0.4) is 0 Å². The van der Waals surface area contributed by atoms with Crippen LogP contribution in [0.2, 0.25) is 0 Å². The number of alkyl halides is 3. The van der Waals surface area contributed by atoms with Gasteiger partial charge in [-0.3, -0.25) is 4.57 Å². The summed E-state index contributed by atoms with van der Waals surface area (Å²) in [5.74, 6) is -1.77. The zero-order chi connectivity index (χ0) is 18.6. The predicted octanol–water partition coefficient (Wildman–Crippen LogP) is 4.79. The van der Waals surface area contributed by atoms with Crippen molar-refractivity contribution in [1.82, 2.24) is 4.90 Å². The minimum atomic E-state index is -5.07. The summed E-state index contributed by atoms with van der Waals surface area (Å²) in [6.07, 6.45) is -7.90. The maximum Gasteiger partial charge on any atom is 0.506 e. The lowest BCUT2D eigenvalue weighted by molar-refractivity contribution is -0.121. The van der Waals surface area contributed by atoms with Crippen LogP contribution in [-0.2, 0) is 13.6 Å². The van der Waals surface area contributed by atoms with Crippen molar-refractivity contribution in [1.29, 1.82) is 0 Å². The van der Waals surface area contributed by atoms with Crippen LogP contribution in [0.4, 0.5) is 17.6 Å². The topological polar surface area (TPSA) is 51.1 Å². The first-order valence-corrected chi connectivity index (χ1v) is 8.82. The number of amidine groups is 1. The van der Waals surface area contributed by atoms with Gasteiger partial charge >= 0.3 is 13.9 Å². The van der Waals surface area contributed by atoms with E-state index in [0.717, 1.165) is 7.05 Å². The second kappa shape index (κ2) is 8.44. The molecule has 0 aliphatic rings. The zero-order valence-corrected chi connectivity index (χ0v) is 15.3. The van der Waals surface area contributed by atoms with E-state index in [4.69, 9.17) is 9.05 Å². The Balaban J connectivity index is 5.80. The van der Waals surface area contributed by atoms with Gasteiger partial charge in [0.1, 0.15) is 5.78 Å². The molecule has 0 aliphatic heterocycles. The van der Waals surface area contributed by atoms with E-state index in [0.29, 0.717) is 4.90 Å². The number of hydrogen-bond acceptors (Lipinski definition) is 4. The summed E-state index contributed by atoms with van der Waals surface area (Å²) in [6.45, 7) is 9.59. The molecule has 0 bridgehead atoms. The van der Waals surface area contributed by atoms with Gasteiger partial charge in [0.15, 0.2) is 0 Å². The van der Waals surface area contributed by atoms with Gasteiger partial charge in [0, 0.05) is 7.05 Å². The fourth-order valence-electron chi connectivity index (χ4n) is 2.05. The molecule has 1 unspecified atom stereocenters. The van der Waals surface area contributed by atoms with Gasteiger partial charge < -0.3 is 13.9 Å². The molecular weight excluding hydrogens is 339 g/mol. The average molecular weight is 364 g/mol. The van der Waals surface area contributed by atoms with Crippen molar-refractivity contribution in [3.63, 3.8) is 0 Å². The van der Waals surface area contributed by atoms with Gasteiger partial charge in [-0.25, -0.2) is 0 Å². The van der Waals surface area contributed by atoms with Crippen molar-refractivity contribution in [2.75, 3.05) is 7.05 Å². The van der Waals surface area contributed by atoms with E-state index >= 15 is 0 Å². The van der Waals surface area contributed by atoms with Gasteiger partial charge in [-0.05, 0) is 33.6 Å². The first kappa shape index (κ1) is 22.3. The Labute approximate surface area is 134 Å². The van der Waals surface area contributed by atoms with Crippen LogP contribution in [0.5, 0.6) is 0 Å². The van der Waals surface area contributed by atoms with Crippen molar-refractivity contribution in [3.05, 3.63) is 0 Å². The highest BCUT2D eigenvalue weighted by atomic mass is 31.2. The summed E-state index contributed by atoms with van der Waals surface area (Å²) < 4.78 is 74.4. The summed E-state index contributed by atoms with van der Waals surface area (Å²) in [5, 5.41) is 0. The SMILES string of the molecule is CC(C)OP(=O)(OC(C)C)C(C(C)C)N(C)/C(F)=N\C(F)(F)F. The van der Waals surface area contributed by atoms with E-state index in [9.17, 15) is 22.1 Å². The summed E-state index contributed by atoms with van der Waals surface area (Å²) in [5.41, 5.74) is 0. The number of hydrogen-bond donors (Lipinski definition) is 0. The fourth-order valence-corrected chi connectivity index (χ4v) is 4.78. The third-order valence-electron chi connectivity index (χ3n) is 2.54. The molecular formula is C13H25F4N2O3P. The number of aliphatic imine (C=N–C) groups is 1. The van der Waals surface area contributed by atoms with Crippen molar-refractivity contribution >= 4 is 13.7 Å². The van der Waals surface area contributed by atoms with Crippen LogP contribution in [0.25, 0.3) is 0 Å². The Kier molecular flexibility index (Phi) is 8.20. The molecule has 5 nitrogen and oxygen atoms in total. The third-order valence-corrected chi connectivity index (χ3v) is 5.56. The lowest BCUT2D eigenvalue weighted by atomic mass is 10.2. The fraction of sp³-hybridized carbons (Fsp3) is 0.923. The Morgan fingerprint density at radius 2 is 1.43 bits per heavy atom. The van der Waals surface area contributed by atoms with Crippen molar-refractivity contribution < 1.29 is 31.2 Å². The van der Waals surface area contributed by atoms with Gasteiger partial charge in [-0.15, -0.1) is 18.2 Å². The molecule has 1 atom stereocenters. The van der Waals surface area contributed by atoms with Crippen LogP contribution >= 0.6 is 7.60 Å². The molecule has 0 radical (unpaired) electrons. The van der Waals surface area contributed by atoms with Crippen LogP contribution in [0.15, 0.2) is 4.99 Å². The average Bonchev–Trinajstić information content (AvgIpc) is 2.22. The largest absolute Gasteiger partial charge is 0.506 e. The highest BCUT2D eigenvalue weighted by molar-refractivity contribution is 7.54. The Bertz CT molecular complexity index is 439. The van der Waals surface area contributed by atoms with Crippen LogP contribution in [0.1, 0.15) is 41.5 Å². The molecule has 0 rings (SSSR count). The molecule has 0 aliphatic carbocycles. The van der Waals surface area contributed by atoms with Gasteiger partial charge in [-0.1, -0.05) is 13.8 Å². The molecule has 0 aromatic rings. The summed E-state index contributed by atoms with van der Waals surface area (Å²) >= 11 is 0. The minimum absolute atomic E-state index is 0.516. The van der Waals surface area contributed by atoms with E-state index in [2.05, 4.69) is 0 Å². The lowest BCUT2D eigenvalue weighted by Crippen LogP contribution is -2.41. The highest BCUT2D eigenvalue weighted by Gasteiger charge is 2.44. The molecule has 0 saturated heterocycles. The smallest absolute Gasteiger partial charge is 0.321 e. The Morgan fingerprint density at radius 1 is 1.04 bits per heavy atom. The number of halogens is 4. The van der Waals surface area contributed by atoms with E-state index in [1.165, 1.54) is 0 Å². The quantitative estimate of drug-likeness (QED) is 0.214. The van der Waals surface area contributed by atoms with Crippen LogP contribution < -0.4 is 0 Å². The molecule has 0 N–H and O–H groups in total. The standard InChI is InChI=1S/C13H25F4N2O3P/c1-8(2)11(19(7)12(14)18-13(15,16)17)23(20,21-9(3)4)22-10(5)6/h8-11H,1-7H3/b18-12-. The Morgan fingerprint density at radius 3 is 1.70 bits per heavy atom. The van der Waals surface area contributed by atoms with Crippen molar-refractivity contribution in [2.45, 2.75) is 65.8 Å². The Hall–Kier alpha value is -0.660. The summed E-state index contributed by atoms with van der Waals surface area (Å²) in [4.78, 5) is 2.59. The third kappa shape index (κ3) is 7.63. The van der Waals surface area contributed by atoms with E-state index in [1.54, 1.807) is 41.5 Å². The van der Waals surface area contributed by atoms with Gasteiger partial charge in [0.05, 0.1) is 12.2 Å². The van der Waals surface area contributed by atoms with Crippen molar-refractivity contribution in [3.8, 4) is 0 Å². The summed E-state index contributed by atoms with van der Waals surface area (Å²) in [7, 11) is -2.90. The minimum Gasteiger partial charge on any atom is -0.321 e. The van der Waals surface area contributed by atoms with E-state index in [1.807, 2.05) is 4.99 Å². The maximum atomic E-state index is 13.8. The van der Waals surface area contributed by atoms with Gasteiger partial charge in [0.2, 0.25) is 0 Å². The van der Waals surface area contributed by atoms with Gasteiger partial charge in [0.25, 0.3) is 6.09 Å². The normalized spacial score (nSPS) is 15.7. The molecule has 0 spiro atoms. The second-order valence-electron chi connectivity index (χ2n) is 5.97. The molecule has 0 aromatic carbocycles. The first-order chi connectivity index (χ1) is 10.2. The molecule has 10 heteroatoms. The number of rotatable bonds is 7. The monoisotopic (exact) mass is 364 g/mol.